The molecule has 1 aromatic carbocycles. The van der Waals surface area contributed by atoms with Gasteiger partial charge in [-0.3, -0.25) is 14.6 Å². The number of aryl methyl sites for hydroxylation is 1. The molecule has 36 heavy (non-hydrogen) atoms. The predicted octanol–water partition coefficient (Wildman–Crippen LogP) is 3.69. The average Bonchev–Trinajstić information content (AvgIpc) is 2.84. The van der Waals surface area contributed by atoms with Crippen LogP contribution in [0.5, 0.6) is 17.4 Å². The molecule has 4 rings (SSSR count). The van der Waals surface area contributed by atoms with Crippen LogP contribution in [0.1, 0.15) is 59.6 Å². The Morgan fingerprint density at radius 2 is 1.92 bits per heavy atom. The van der Waals surface area contributed by atoms with Crippen LogP contribution in [0.4, 0.5) is 0 Å². The summed E-state index contributed by atoms with van der Waals surface area (Å²) in [6.45, 7) is 7.07. The summed E-state index contributed by atoms with van der Waals surface area (Å²) >= 11 is 0. The quantitative estimate of drug-likeness (QED) is 0.561. The molecular formula is C27H30N4O5. The van der Waals surface area contributed by atoms with Gasteiger partial charge in [0.2, 0.25) is 11.8 Å². The van der Waals surface area contributed by atoms with Crippen LogP contribution in [0, 0.1) is 6.92 Å². The van der Waals surface area contributed by atoms with Gasteiger partial charge < -0.3 is 24.8 Å². The molecule has 0 radical (unpaired) electrons. The van der Waals surface area contributed by atoms with E-state index in [1.807, 2.05) is 32.9 Å². The van der Waals surface area contributed by atoms with Gasteiger partial charge in [0.05, 0.1) is 19.4 Å². The van der Waals surface area contributed by atoms with Gasteiger partial charge in [-0.05, 0) is 57.5 Å². The first-order valence-electron chi connectivity index (χ1n) is 11.6. The first-order chi connectivity index (χ1) is 17.1. The Morgan fingerprint density at radius 1 is 1.19 bits per heavy atom. The van der Waals surface area contributed by atoms with Crippen LogP contribution in [0.3, 0.4) is 0 Å². The molecule has 0 fully saturated rings. The molecular weight excluding hydrogens is 460 g/mol. The SMILES string of the molecule is COc1ccc(CN2C(=O)c3cccnc3Oc3c(C)ncc(CO)c3C2C(=O)NC(C)(C)C)cc1. The zero-order valence-corrected chi connectivity index (χ0v) is 21.0. The van der Waals surface area contributed by atoms with E-state index >= 15 is 0 Å². The first kappa shape index (κ1) is 25.1. The van der Waals surface area contributed by atoms with Crippen LogP contribution in [0.2, 0.25) is 0 Å². The first-order valence-corrected chi connectivity index (χ1v) is 11.6. The number of methoxy groups -OCH3 is 1. The third kappa shape index (κ3) is 5.01. The fourth-order valence-electron chi connectivity index (χ4n) is 4.16. The molecule has 188 valence electrons. The van der Waals surface area contributed by atoms with E-state index < -0.39 is 30.0 Å². The van der Waals surface area contributed by atoms with Crippen molar-refractivity contribution in [1.29, 1.82) is 0 Å². The molecule has 1 aliphatic heterocycles. The summed E-state index contributed by atoms with van der Waals surface area (Å²) in [4.78, 5) is 38.0. The summed E-state index contributed by atoms with van der Waals surface area (Å²) in [6, 6.07) is 9.45. The number of aliphatic hydroxyl groups is 1. The number of nitrogens with one attached hydrogen (secondary N) is 1. The average molecular weight is 491 g/mol. The number of ether oxygens (including phenoxy) is 2. The van der Waals surface area contributed by atoms with Gasteiger partial charge >= 0.3 is 0 Å². The monoisotopic (exact) mass is 490 g/mol. The van der Waals surface area contributed by atoms with Gasteiger partial charge in [0.15, 0.2) is 5.75 Å². The number of amides is 2. The van der Waals surface area contributed by atoms with Crippen LogP contribution < -0.4 is 14.8 Å². The maximum atomic E-state index is 14.0. The Labute approximate surface area is 210 Å². The minimum Gasteiger partial charge on any atom is -0.497 e. The van der Waals surface area contributed by atoms with E-state index in [4.69, 9.17) is 9.47 Å². The molecule has 2 N–H and O–H groups in total. The van der Waals surface area contributed by atoms with Crippen LogP contribution in [-0.2, 0) is 17.9 Å². The highest BCUT2D eigenvalue weighted by atomic mass is 16.5. The fraction of sp³-hybridized carbons (Fsp3) is 0.333. The van der Waals surface area contributed by atoms with E-state index in [9.17, 15) is 14.7 Å². The number of nitrogens with zero attached hydrogens (tertiary/aromatic N) is 3. The molecule has 1 atom stereocenters. The second-order valence-electron chi connectivity index (χ2n) is 9.65. The molecule has 0 bridgehead atoms. The Morgan fingerprint density at radius 3 is 2.56 bits per heavy atom. The predicted molar refractivity (Wildman–Crippen MR) is 133 cm³/mol. The maximum absolute atomic E-state index is 14.0. The van der Waals surface area contributed by atoms with Gasteiger partial charge in [0.1, 0.15) is 17.4 Å². The van der Waals surface area contributed by atoms with Crippen molar-refractivity contribution in [1.82, 2.24) is 20.2 Å². The number of hydrogen-bond acceptors (Lipinski definition) is 7. The number of hydrogen-bond donors (Lipinski definition) is 2. The number of carbonyl (C=O) groups excluding carboxylic acids is 2. The van der Waals surface area contributed by atoms with Gasteiger partial charge in [-0.25, -0.2) is 4.98 Å². The molecule has 3 aromatic rings. The second-order valence-corrected chi connectivity index (χ2v) is 9.65. The minimum absolute atomic E-state index is 0.109. The molecule has 0 saturated carbocycles. The van der Waals surface area contributed by atoms with Crippen LogP contribution in [0.25, 0.3) is 0 Å². The van der Waals surface area contributed by atoms with Crippen LogP contribution in [0.15, 0.2) is 48.8 Å². The lowest BCUT2D eigenvalue weighted by molar-refractivity contribution is -0.127. The maximum Gasteiger partial charge on any atom is 0.260 e. The van der Waals surface area contributed by atoms with Crippen molar-refractivity contribution in [3.05, 3.63) is 76.7 Å². The number of rotatable bonds is 5. The van der Waals surface area contributed by atoms with Crippen molar-refractivity contribution in [3.63, 3.8) is 0 Å². The molecule has 0 spiro atoms. The number of fused-ring (bicyclic) bond motifs is 2. The van der Waals surface area contributed by atoms with Crippen molar-refractivity contribution < 1.29 is 24.2 Å². The summed E-state index contributed by atoms with van der Waals surface area (Å²) in [5.74, 6) is 0.257. The Hall–Kier alpha value is -3.98. The zero-order valence-electron chi connectivity index (χ0n) is 21.0. The van der Waals surface area contributed by atoms with E-state index in [0.29, 0.717) is 28.3 Å². The zero-order chi connectivity index (χ0) is 26.0. The molecule has 1 unspecified atom stereocenters. The highest BCUT2D eigenvalue weighted by Gasteiger charge is 2.40. The topological polar surface area (TPSA) is 114 Å². The van der Waals surface area contributed by atoms with Gasteiger partial charge in [0, 0.05) is 35.6 Å². The summed E-state index contributed by atoms with van der Waals surface area (Å²) in [5.41, 5.74) is 1.71. The lowest BCUT2D eigenvalue weighted by Gasteiger charge is -2.37. The van der Waals surface area contributed by atoms with E-state index in [1.54, 1.807) is 38.3 Å². The number of aromatic nitrogens is 2. The summed E-state index contributed by atoms with van der Waals surface area (Å²) < 4.78 is 11.4. The van der Waals surface area contributed by atoms with Gasteiger partial charge in [-0.15, -0.1) is 0 Å². The number of aliphatic hydroxyl groups excluding tert-OH is 1. The van der Waals surface area contributed by atoms with Crippen LogP contribution in [-0.4, -0.2) is 44.4 Å². The van der Waals surface area contributed by atoms with Crippen molar-refractivity contribution in [2.24, 2.45) is 0 Å². The third-order valence-corrected chi connectivity index (χ3v) is 5.81. The molecule has 9 nitrogen and oxygen atoms in total. The lowest BCUT2D eigenvalue weighted by atomic mass is 9.94. The van der Waals surface area contributed by atoms with E-state index in [0.717, 1.165) is 5.56 Å². The summed E-state index contributed by atoms with van der Waals surface area (Å²) in [5, 5.41) is 13.2. The minimum atomic E-state index is -1.11. The van der Waals surface area contributed by atoms with E-state index in [1.165, 1.54) is 17.3 Å². The molecule has 2 aromatic heterocycles. The second kappa shape index (κ2) is 9.94. The van der Waals surface area contributed by atoms with E-state index in [-0.39, 0.29) is 18.0 Å². The Bertz CT molecular complexity index is 1280. The molecule has 0 saturated heterocycles. The molecule has 9 heteroatoms. The fourth-order valence-corrected chi connectivity index (χ4v) is 4.16. The normalized spacial score (nSPS) is 15.2. The summed E-state index contributed by atoms with van der Waals surface area (Å²) in [7, 11) is 1.58. The van der Waals surface area contributed by atoms with Crippen molar-refractivity contribution in [2.45, 2.75) is 52.4 Å². The number of carbonyl (C=O) groups is 2. The Balaban J connectivity index is 1.97. The molecule has 2 amide bonds. The van der Waals surface area contributed by atoms with Gasteiger partial charge in [-0.2, -0.15) is 0 Å². The third-order valence-electron chi connectivity index (χ3n) is 5.81. The molecule has 0 aliphatic carbocycles. The molecule has 3 heterocycles. The van der Waals surface area contributed by atoms with Crippen LogP contribution >= 0.6 is 0 Å². The number of benzene rings is 1. The largest absolute Gasteiger partial charge is 0.497 e. The lowest BCUT2D eigenvalue weighted by Crippen LogP contribution is -2.49. The number of pyridine rings is 2. The van der Waals surface area contributed by atoms with Crippen molar-refractivity contribution >= 4 is 11.8 Å². The van der Waals surface area contributed by atoms with Crippen molar-refractivity contribution in [3.8, 4) is 17.4 Å². The molecule has 1 aliphatic rings. The summed E-state index contributed by atoms with van der Waals surface area (Å²) in [6.07, 6.45) is 3.04. The Kier molecular flexibility index (Phi) is 6.94. The highest BCUT2D eigenvalue weighted by Crippen LogP contribution is 2.41. The van der Waals surface area contributed by atoms with Gasteiger partial charge in [0.25, 0.3) is 5.91 Å². The highest BCUT2D eigenvalue weighted by molar-refractivity contribution is 6.00. The van der Waals surface area contributed by atoms with E-state index in [2.05, 4.69) is 15.3 Å². The smallest absolute Gasteiger partial charge is 0.260 e. The standard InChI is InChI=1S/C27H30N4O5/c1-16-23-21(18(15-32)13-29-16)22(24(33)30-27(2,3)4)31(14-17-8-10-19(35-5)11-9-17)26(34)20-7-6-12-28-25(20)36-23/h6-13,22,32H,14-15H2,1-5H3,(H,30,33). The van der Waals surface area contributed by atoms with Gasteiger partial charge in [-0.1, -0.05) is 12.1 Å². The van der Waals surface area contributed by atoms with Crippen molar-refractivity contribution in [2.75, 3.05) is 7.11 Å².